The van der Waals surface area contributed by atoms with E-state index in [2.05, 4.69) is 14.9 Å². The van der Waals surface area contributed by atoms with Crippen molar-refractivity contribution in [1.29, 1.82) is 0 Å². The normalized spacial score (nSPS) is 16.3. The van der Waals surface area contributed by atoms with Crippen LogP contribution in [0.15, 0.2) is 47.0 Å². The van der Waals surface area contributed by atoms with E-state index in [1.807, 2.05) is 0 Å². The number of aromatic nitrogens is 2. The zero-order valence-electron chi connectivity index (χ0n) is 17.0. The zero-order valence-corrected chi connectivity index (χ0v) is 17.0. The first-order chi connectivity index (χ1) is 15.3. The minimum atomic E-state index is -4.77. The second-order valence-corrected chi connectivity index (χ2v) is 6.97. The number of halogens is 3. The summed E-state index contributed by atoms with van der Waals surface area (Å²) in [5, 5.41) is 3.90. The lowest BCUT2D eigenvalue weighted by Crippen LogP contribution is -2.24. The molecule has 2 aromatic carbocycles. The van der Waals surface area contributed by atoms with Crippen LogP contribution < -0.4 is 19.1 Å². The monoisotopic (exact) mass is 449 g/mol. The van der Waals surface area contributed by atoms with Crippen LogP contribution in [0.2, 0.25) is 0 Å². The Kier molecular flexibility index (Phi) is 5.64. The number of methoxy groups -OCH3 is 2. The number of carbonyl (C=O) groups excluding carboxylic acids is 1. The van der Waals surface area contributed by atoms with Gasteiger partial charge in [-0.25, -0.2) is 0 Å². The first-order valence-electron chi connectivity index (χ1n) is 9.49. The summed E-state index contributed by atoms with van der Waals surface area (Å²) in [6.07, 6.45) is -4.62. The predicted octanol–water partition coefficient (Wildman–Crippen LogP) is 4.17. The first kappa shape index (κ1) is 21.5. The number of hydrogen-bond acceptors (Lipinski definition) is 7. The summed E-state index contributed by atoms with van der Waals surface area (Å²) in [6.45, 7) is 0.294. The molecule has 1 aliphatic rings. The van der Waals surface area contributed by atoms with Gasteiger partial charge in [-0.15, -0.1) is 13.2 Å². The summed E-state index contributed by atoms with van der Waals surface area (Å²) in [4.78, 5) is 18.6. The number of ether oxygens (including phenoxy) is 3. The summed E-state index contributed by atoms with van der Waals surface area (Å²) in [6, 6.07) is 10.3. The molecule has 8 nitrogen and oxygen atoms in total. The van der Waals surface area contributed by atoms with Gasteiger partial charge < -0.3 is 23.6 Å². The maximum Gasteiger partial charge on any atom is 0.573 e. The lowest BCUT2D eigenvalue weighted by molar-refractivity contribution is -0.274. The summed E-state index contributed by atoms with van der Waals surface area (Å²) in [5.74, 6) is 0.704. The fraction of sp³-hybridized carbons (Fsp3) is 0.286. The van der Waals surface area contributed by atoms with Crippen molar-refractivity contribution in [3.8, 4) is 28.6 Å². The lowest BCUT2D eigenvalue weighted by atomic mass is 10.1. The second-order valence-electron chi connectivity index (χ2n) is 6.97. The van der Waals surface area contributed by atoms with Crippen molar-refractivity contribution in [3.63, 3.8) is 0 Å². The van der Waals surface area contributed by atoms with Crippen LogP contribution in [0.3, 0.4) is 0 Å². The van der Waals surface area contributed by atoms with E-state index < -0.39 is 6.36 Å². The third-order valence-corrected chi connectivity index (χ3v) is 4.94. The Balaban J connectivity index is 1.52. The second kappa shape index (κ2) is 8.40. The van der Waals surface area contributed by atoms with Gasteiger partial charge in [-0.05, 0) is 36.4 Å². The maximum absolute atomic E-state index is 12.7. The van der Waals surface area contributed by atoms with E-state index in [9.17, 15) is 18.0 Å². The van der Waals surface area contributed by atoms with E-state index in [-0.39, 0.29) is 35.7 Å². The van der Waals surface area contributed by atoms with Crippen LogP contribution >= 0.6 is 0 Å². The van der Waals surface area contributed by atoms with E-state index in [1.165, 1.54) is 26.4 Å². The number of amides is 1. The van der Waals surface area contributed by atoms with Crippen LogP contribution in [-0.2, 0) is 4.79 Å². The van der Waals surface area contributed by atoms with E-state index in [0.717, 1.165) is 12.1 Å². The molecule has 1 atom stereocenters. The predicted molar refractivity (Wildman–Crippen MR) is 106 cm³/mol. The van der Waals surface area contributed by atoms with E-state index in [0.29, 0.717) is 29.3 Å². The van der Waals surface area contributed by atoms with Crippen LogP contribution in [0.1, 0.15) is 18.2 Å². The van der Waals surface area contributed by atoms with E-state index in [1.54, 1.807) is 23.1 Å². The highest BCUT2D eigenvalue weighted by molar-refractivity contribution is 5.98. The Morgan fingerprint density at radius 1 is 1.06 bits per heavy atom. The van der Waals surface area contributed by atoms with Crippen molar-refractivity contribution in [3.05, 3.63) is 48.4 Å². The molecule has 11 heteroatoms. The molecule has 0 saturated carbocycles. The molecule has 1 unspecified atom stereocenters. The SMILES string of the molecule is COc1ccc(OC)c(N2CC(c3nc(-c4ccc(OC(F)(F)F)cc4)no3)CC2=O)c1. The third-order valence-electron chi connectivity index (χ3n) is 4.94. The van der Waals surface area contributed by atoms with E-state index in [4.69, 9.17) is 14.0 Å². The van der Waals surface area contributed by atoms with Crippen molar-refractivity contribution in [2.24, 2.45) is 0 Å². The number of benzene rings is 2. The highest BCUT2D eigenvalue weighted by atomic mass is 19.4. The molecule has 3 aromatic rings. The van der Waals surface area contributed by atoms with Crippen molar-refractivity contribution >= 4 is 11.6 Å². The van der Waals surface area contributed by atoms with Crippen LogP contribution in [-0.4, -0.2) is 43.2 Å². The molecule has 1 amide bonds. The topological polar surface area (TPSA) is 86.9 Å². The maximum atomic E-state index is 12.7. The molecule has 1 fully saturated rings. The number of anilines is 1. The molecule has 0 spiro atoms. The van der Waals surface area contributed by atoms with Gasteiger partial charge in [-0.2, -0.15) is 4.98 Å². The molecule has 4 rings (SSSR count). The van der Waals surface area contributed by atoms with Crippen molar-refractivity contribution in [2.75, 3.05) is 25.7 Å². The molecule has 2 heterocycles. The minimum absolute atomic E-state index is 0.144. The minimum Gasteiger partial charge on any atom is -0.497 e. The molecule has 1 saturated heterocycles. The average molecular weight is 449 g/mol. The van der Waals surface area contributed by atoms with Gasteiger partial charge in [0.25, 0.3) is 0 Å². The standard InChI is InChI=1S/C21H18F3N3O5/c1-29-15-7-8-17(30-2)16(10-15)27-11-13(9-18(27)28)20-25-19(26-32-20)12-3-5-14(6-4-12)31-21(22,23)24/h3-8,10,13H,9,11H2,1-2H3. The highest BCUT2D eigenvalue weighted by Gasteiger charge is 2.36. The molecular weight excluding hydrogens is 431 g/mol. The van der Waals surface area contributed by atoms with E-state index >= 15 is 0 Å². The first-order valence-corrected chi connectivity index (χ1v) is 9.49. The Labute approximate surface area is 180 Å². The molecular formula is C21H18F3N3O5. The van der Waals surface area contributed by atoms with Gasteiger partial charge in [-0.1, -0.05) is 5.16 Å². The lowest BCUT2D eigenvalue weighted by Gasteiger charge is -2.20. The van der Waals surface area contributed by atoms with Gasteiger partial charge in [0, 0.05) is 24.6 Å². The Hall–Kier alpha value is -3.76. The number of rotatable bonds is 6. The van der Waals surface area contributed by atoms with Gasteiger partial charge >= 0.3 is 6.36 Å². The fourth-order valence-corrected chi connectivity index (χ4v) is 3.44. The van der Waals surface area contributed by atoms with Crippen LogP contribution in [0, 0.1) is 0 Å². The van der Waals surface area contributed by atoms with Crippen LogP contribution in [0.4, 0.5) is 18.9 Å². The molecule has 0 N–H and O–H groups in total. The fourth-order valence-electron chi connectivity index (χ4n) is 3.44. The number of carbonyl (C=O) groups is 1. The van der Waals surface area contributed by atoms with Crippen molar-refractivity contribution < 1.29 is 36.7 Å². The van der Waals surface area contributed by atoms with Gasteiger partial charge in [0.05, 0.1) is 25.8 Å². The summed E-state index contributed by atoms with van der Waals surface area (Å²) < 4.78 is 56.7. The molecule has 32 heavy (non-hydrogen) atoms. The Morgan fingerprint density at radius 2 is 1.78 bits per heavy atom. The smallest absolute Gasteiger partial charge is 0.497 e. The quantitative estimate of drug-likeness (QED) is 0.558. The summed E-state index contributed by atoms with van der Waals surface area (Å²) >= 11 is 0. The number of hydrogen-bond donors (Lipinski definition) is 0. The number of nitrogens with zero attached hydrogens (tertiary/aromatic N) is 3. The number of alkyl halides is 3. The van der Waals surface area contributed by atoms with Gasteiger partial charge in [0.1, 0.15) is 17.2 Å². The molecule has 1 aliphatic heterocycles. The average Bonchev–Trinajstić information content (AvgIpc) is 3.39. The van der Waals surface area contributed by atoms with Gasteiger partial charge in [-0.3, -0.25) is 4.79 Å². The zero-order chi connectivity index (χ0) is 22.9. The highest BCUT2D eigenvalue weighted by Crippen LogP contribution is 2.38. The van der Waals surface area contributed by atoms with Crippen LogP contribution in [0.5, 0.6) is 17.2 Å². The molecule has 168 valence electrons. The molecule has 1 aromatic heterocycles. The van der Waals surface area contributed by atoms with Gasteiger partial charge in [0.15, 0.2) is 0 Å². The largest absolute Gasteiger partial charge is 0.573 e. The van der Waals surface area contributed by atoms with Gasteiger partial charge in [0.2, 0.25) is 17.6 Å². The van der Waals surface area contributed by atoms with Crippen LogP contribution in [0.25, 0.3) is 11.4 Å². The summed E-state index contributed by atoms with van der Waals surface area (Å²) in [5.41, 5.74) is 1.02. The molecule has 0 bridgehead atoms. The molecule has 0 radical (unpaired) electrons. The molecule has 0 aliphatic carbocycles. The van der Waals surface area contributed by atoms with Crippen molar-refractivity contribution in [2.45, 2.75) is 18.7 Å². The van der Waals surface area contributed by atoms with Crippen molar-refractivity contribution in [1.82, 2.24) is 10.1 Å². The Morgan fingerprint density at radius 3 is 2.44 bits per heavy atom. The Bertz CT molecular complexity index is 1110. The third kappa shape index (κ3) is 4.46. The summed E-state index contributed by atoms with van der Waals surface area (Å²) in [7, 11) is 3.04.